The molecule has 1 fully saturated rings. The van der Waals surface area contributed by atoms with E-state index in [0.717, 1.165) is 25.9 Å². The molecule has 0 aliphatic carbocycles. The Morgan fingerprint density at radius 2 is 2.16 bits per heavy atom. The molecule has 1 aliphatic rings. The Labute approximate surface area is 115 Å². The summed E-state index contributed by atoms with van der Waals surface area (Å²) in [6, 6.07) is 5.84. The van der Waals surface area contributed by atoms with Crippen LogP contribution in [0.4, 0.5) is 4.39 Å². The van der Waals surface area contributed by atoms with Crippen molar-refractivity contribution in [2.45, 2.75) is 51.6 Å². The van der Waals surface area contributed by atoms with Crippen molar-refractivity contribution in [1.29, 1.82) is 0 Å². The molecule has 2 N–H and O–H groups in total. The molecule has 106 valence electrons. The van der Waals surface area contributed by atoms with Crippen molar-refractivity contribution < 1.29 is 4.39 Å². The van der Waals surface area contributed by atoms with Gasteiger partial charge >= 0.3 is 0 Å². The summed E-state index contributed by atoms with van der Waals surface area (Å²) >= 11 is 0. The van der Waals surface area contributed by atoms with Crippen LogP contribution in [0.25, 0.3) is 0 Å². The number of halogens is 1. The predicted octanol–water partition coefficient (Wildman–Crippen LogP) is 3.40. The van der Waals surface area contributed by atoms with E-state index in [1.54, 1.807) is 6.07 Å². The number of nitrogens with zero attached hydrogens (tertiary/aromatic N) is 1. The van der Waals surface area contributed by atoms with Crippen molar-refractivity contribution in [1.82, 2.24) is 4.90 Å². The molecule has 2 atom stereocenters. The number of rotatable bonds is 3. The van der Waals surface area contributed by atoms with Crippen LogP contribution < -0.4 is 5.73 Å². The molecule has 1 aliphatic heterocycles. The third-order valence-corrected chi connectivity index (χ3v) is 4.07. The van der Waals surface area contributed by atoms with Gasteiger partial charge in [-0.1, -0.05) is 25.5 Å². The van der Waals surface area contributed by atoms with E-state index in [1.807, 2.05) is 19.1 Å². The highest BCUT2D eigenvalue weighted by molar-refractivity contribution is 5.28. The van der Waals surface area contributed by atoms with E-state index >= 15 is 0 Å². The second-order valence-electron chi connectivity index (χ2n) is 5.65. The van der Waals surface area contributed by atoms with Gasteiger partial charge in [-0.3, -0.25) is 4.90 Å². The molecule has 1 aromatic rings. The standard InChI is InChI=1S/C16H25FN2/c1-3-9-19-10-5-4-6-15(18)16(19)13-7-8-14(17)12(2)11-13/h7-8,11,15-16H,3-6,9-10,18H2,1-2H3. The third-order valence-electron chi connectivity index (χ3n) is 4.07. The van der Waals surface area contributed by atoms with E-state index in [9.17, 15) is 4.39 Å². The van der Waals surface area contributed by atoms with Crippen LogP contribution in [-0.2, 0) is 0 Å². The first-order chi connectivity index (χ1) is 9.13. The molecule has 0 radical (unpaired) electrons. The minimum Gasteiger partial charge on any atom is -0.326 e. The molecule has 0 bridgehead atoms. The molecule has 2 rings (SSSR count). The lowest BCUT2D eigenvalue weighted by atomic mass is 9.95. The highest BCUT2D eigenvalue weighted by Gasteiger charge is 2.28. The van der Waals surface area contributed by atoms with Crippen LogP contribution in [0.5, 0.6) is 0 Å². The lowest BCUT2D eigenvalue weighted by molar-refractivity contribution is 0.185. The average molecular weight is 264 g/mol. The van der Waals surface area contributed by atoms with Gasteiger partial charge in [0.15, 0.2) is 0 Å². The van der Waals surface area contributed by atoms with Crippen LogP contribution in [-0.4, -0.2) is 24.0 Å². The largest absolute Gasteiger partial charge is 0.326 e. The minimum atomic E-state index is -0.131. The number of likely N-dealkylation sites (tertiary alicyclic amines) is 1. The second kappa shape index (κ2) is 6.49. The summed E-state index contributed by atoms with van der Waals surface area (Å²) < 4.78 is 13.4. The van der Waals surface area contributed by atoms with Gasteiger partial charge in [-0.15, -0.1) is 0 Å². The molecular formula is C16H25FN2. The second-order valence-corrected chi connectivity index (χ2v) is 5.65. The smallest absolute Gasteiger partial charge is 0.126 e. The Kier molecular flexibility index (Phi) is 4.94. The molecule has 1 saturated heterocycles. The van der Waals surface area contributed by atoms with Crippen molar-refractivity contribution >= 4 is 0 Å². The van der Waals surface area contributed by atoms with E-state index < -0.39 is 0 Å². The highest BCUT2D eigenvalue weighted by atomic mass is 19.1. The summed E-state index contributed by atoms with van der Waals surface area (Å²) in [4.78, 5) is 2.48. The van der Waals surface area contributed by atoms with Crippen LogP contribution in [0.15, 0.2) is 18.2 Å². The zero-order valence-electron chi connectivity index (χ0n) is 12.0. The third kappa shape index (κ3) is 3.34. The first-order valence-electron chi connectivity index (χ1n) is 7.39. The number of benzene rings is 1. The zero-order chi connectivity index (χ0) is 13.8. The number of aryl methyl sites for hydroxylation is 1. The molecule has 0 amide bonds. The van der Waals surface area contributed by atoms with E-state index in [1.165, 1.54) is 18.4 Å². The Hall–Kier alpha value is -0.930. The summed E-state index contributed by atoms with van der Waals surface area (Å²) in [5, 5.41) is 0. The van der Waals surface area contributed by atoms with Crippen LogP contribution in [0.3, 0.4) is 0 Å². The maximum atomic E-state index is 13.4. The van der Waals surface area contributed by atoms with Gasteiger partial charge in [-0.25, -0.2) is 4.39 Å². The quantitative estimate of drug-likeness (QED) is 0.906. The molecule has 19 heavy (non-hydrogen) atoms. The van der Waals surface area contributed by atoms with Gasteiger partial charge in [-0.05, 0) is 56.5 Å². The molecule has 1 aromatic carbocycles. The van der Waals surface area contributed by atoms with Crippen molar-refractivity contribution in [2.75, 3.05) is 13.1 Å². The minimum absolute atomic E-state index is 0.131. The highest BCUT2D eigenvalue weighted by Crippen LogP contribution is 2.30. The molecule has 1 heterocycles. The molecule has 0 aromatic heterocycles. The predicted molar refractivity (Wildman–Crippen MR) is 77.6 cm³/mol. The summed E-state index contributed by atoms with van der Waals surface area (Å²) in [6.07, 6.45) is 4.59. The average Bonchev–Trinajstić information content (AvgIpc) is 2.56. The van der Waals surface area contributed by atoms with E-state index in [4.69, 9.17) is 5.73 Å². The number of hydrogen-bond donors (Lipinski definition) is 1. The van der Waals surface area contributed by atoms with Crippen LogP contribution >= 0.6 is 0 Å². The van der Waals surface area contributed by atoms with E-state index in [0.29, 0.717) is 5.56 Å². The van der Waals surface area contributed by atoms with Crippen LogP contribution in [0, 0.1) is 12.7 Å². The number of nitrogens with two attached hydrogens (primary N) is 1. The molecule has 0 saturated carbocycles. The van der Waals surface area contributed by atoms with Gasteiger partial charge < -0.3 is 5.73 Å². The van der Waals surface area contributed by atoms with Crippen LogP contribution in [0.2, 0.25) is 0 Å². The fourth-order valence-corrected chi connectivity index (χ4v) is 3.11. The Bertz CT molecular complexity index is 419. The lowest BCUT2D eigenvalue weighted by Gasteiger charge is -2.33. The molecular weight excluding hydrogens is 239 g/mol. The molecule has 3 heteroatoms. The summed E-state index contributed by atoms with van der Waals surface area (Å²) in [5.74, 6) is -0.131. The Morgan fingerprint density at radius 3 is 2.84 bits per heavy atom. The Morgan fingerprint density at radius 1 is 1.37 bits per heavy atom. The summed E-state index contributed by atoms with van der Waals surface area (Å²) in [6.45, 7) is 6.19. The fourth-order valence-electron chi connectivity index (χ4n) is 3.11. The lowest BCUT2D eigenvalue weighted by Crippen LogP contribution is -2.40. The van der Waals surface area contributed by atoms with Gasteiger partial charge in [0.2, 0.25) is 0 Å². The fraction of sp³-hybridized carbons (Fsp3) is 0.625. The van der Waals surface area contributed by atoms with Crippen molar-refractivity contribution in [3.8, 4) is 0 Å². The van der Waals surface area contributed by atoms with E-state index in [2.05, 4.69) is 11.8 Å². The number of hydrogen-bond acceptors (Lipinski definition) is 2. The van der Waals surface area contributed by atoms with Crippen molar-refractivity contribution in [2.24, 2.45) is 5.73 Å². The van der Waals surface area contributed by atoms with Crippen molar-refractivity contribution in [3.63, 3.8) is 0 Å². The van der Waals surface area contributed by atoms with Crippen LogP contribution in [0.1, 0.15) is 49.8 Å². The Balaban J connectivity index is 2.31. The normalized spacial score (nSPS) is 25.3. The molecule has 2 nitrogen and oxygen atoms in total. The molecule has 2 unspecified atom stereocenters. The maximum Gasteiger partial charge on any atom is 0.126 e. The maximum absolute atomic E-state index is 13.4. The topological polar surface area (TPSA) is 29.3 Å². The molecule has 0 spiro atoms. The first-order valence-corrected chi connectivity index (χ1v) is 7.39. The SMILES string of the molecule is CCCN1CCCCC(N)C1c1ccc(F)c(C)c1. The first kappa shape index (κ1) is 14.5. The van der Waals surface area contributed by atoms with Gasteiger partial charge in [0.1, 0.15) is 5.82 Å². The summed E-state index contributed by atoms with van der Waals surface area (Å²) in [5.41, 5.74) is 8.27. The van der Waals surface area contributed by atoms with E-state index in [-0.39, 0.29) is 17.9 Å². The van der Waals surface area contributed by atoms with Gasteiger partial charge in [0.05, 0.1) is 0 Å². The summed E-state index contributed by atoms with van der Waals surface area (Å²) in [7, 11) is 0. The monoisotopic (exact) mass is 264 g/mol. The van der Waals surface area contributed by atoms with Gasteiger partial charge in [0.25, 0.3) is 0 Å². The zero-order valence-corrected chi connectivity index (χ0v) is 12.0. The van der Waals surface area contributed by atoms with Crippen molar-refractivity contribution in [3.05, 3.63) is 35.1 Å². The van der Waals surface area contributed by atoms with Gasteiger partial charge in [0, 0.05) is 12.1 Å². The van der Waals surface area contributed by atoms with Gasteiger partial charge in [-0.2, -0.15) is 0 Å².